The molecule has 2 aliphatic rings. The normalized spacial score (nSPS) is 20.1. The smallest absolute Gasteiger partial charge is 0.233 e. The second-order valence-electron chi connectivity index (χ2n) is 10.7. The highest BCUT2D eigenvalue weighted by atomic mass is 16.5. The van der Waals surface area contributed by atoms with E-state index in [4.69, 9.17) is 0 Å². The molecule has 1 saturated heterocycles. The lowest BCUT2D eigenvalue weighted by Gasteiger charge is -2.32. The Labute approximate surface area is 192 Å². The zero-order valence-corrected chi connectivity index (χ0v) is 20.0. The molecule has 0 aromatic carbocycles. The van der Waals surface area contributed by atoms with Gasteiger partial charge in [-0.25, -0.2) is 10.0 Å². The van der Waals surface area contributed by atoms with Crippen LogP contribution in [0.15, 0.2) is 6.20 Å². The second-order valence-corrected chi connectivity index (χ2v) is 10.7. The molecule has 0 unspecified atom stereocenters. The summed E-state index contributed by atoms with van der Waals surface area (Å²) < 4.78 is 0. The minimum absolute atomic E-state index is 0.0149. The lowest BCUT2D eigenvalue weighted by atomic mass is 9.85. The van der Waals surface area contributed by atoms with Gasteiger partial charge < -0.3 is 10.3 Å². The van der Waals surface area contributed by atoms with Crippen molar-refractivity contribution in [2.45, 2.75) is 84.7 Å². The molecule has 0 radical (unpaired) electrons. The fourth-order valence-corrected chi connectivity index (χ4v) is 5.10. The number of hydroxylamine groups is 2. The maximum atomic E-state index is 13.3. The number of amides is 2. The third-order valence-electron chi connectivity index (χ3n) is 6.91. The van der Waals surface area contributed by atoms with Crippen LogP contribution in [-0.2, 0) is 16.1 Å². The number of hydrogen-bond acceptors (Lipinski definition) is 5. The number of nitrogens with one attached hydrogen (secondary N) is 2. The molecule has 1 aliphatic heterocycles. The van der Waals surface area contributed by atoms with Crippen molar-refractivity contribution in [1.29, 1.82) is 0 Å². The number of nitrogens with zero attached hydrogens (tertiary/aromatic N) is 3. The fraction of sp³-hybridized carbons (Fsp3) is 0.792. The van der Waals surface area contributed by atoms with Gasteiger partial charge in [0.2, 0.25) is 12.3 Å². The van der Waals surface area contributed by atoms with Crippen LogP contribution < -0.4 is 5.32 Å². The molecule has 1 aliphatic carbocycles. The third-order valence-corrected chi connectivity index (χ3v) is 6.91. The number of carbonyl (C=O) groups is 2. The Morgan fingerprint density at radius 3 is 2.59 bits per heavy atom. The van der Waals surface area contributed by atoms with E-state index in [0.717, 1.165) is 44.0 Å². The SMILES string of the molecule is CC(C)(C)[C@H](NC(=O)[C@H](CC1CCCC1)CN(O)C=O)c1ncc(CN2CCCCC2)[nH]1. The number of piperidine rings is 1. The van der Waals surface area contributed by atoms with Gasteiger partial charge >= 0.3 is 0 Å². The first-order valence-electron chi connectivity index (χ1n) is 12.2. The monoisotopic (exact) mass is 447 g/mol. The lowest BCUT2D eigenvalue weighted by Crippen LogP contribution is -2.43. The van der Waals surface area contributed by atoms with Crippen LogP contribution in [0.3, 0.4) is 0 Å². The standard InChI is InChI=1S/C24H41N5O3/c1-24(2,3)21(22-25-14-20(26-22)16-28-11-7-4-8-12-28)27-23(31)19(15-29(32)17-30)13-18-9-5-6-10-18/h14,17-19,21,32H,4-13,15-16H2,1-3H3,(H,25,26)(H,27,31)/t19-,21-/m1/s1. The average molecular weight is 448 g/mol. The van der Waals surface area contributed by atoms with E-state index >= 15 is 0 Å². The van der Waals surface area contributed by atoms with E-state index in [1.54, 1.807) is 0 Å². The predicted molar refractivity (Wildman–Crippen MR) is 123 cm³/mol. The lowest BCUT2D eigenvalue weighted by molar-refractivity contribution is -0.155. The number of carbonyl (C=O) groups excluding carboxylic acids is 2. The molecule has 1 aromatic rings. The van der Waals surface area contributed by atoms with E-state index in [-0.39, 0.29) is 23.9 Å². The molecule has 3 N–H and O–H groups in total. The van der Waals surface area contributed by atoms with Crippen LogP contribution in [-0.4, -0.2) is 57.1 Å². The van der Waals surface area contributed by atoms with E-state index in [0.29, 0.717) is 23.8 Å². The Bertz CT molecular complexity index is 732. The first-order chi connectivity index (χ1) is 15.3. The first-order valence-corrected chi connectivity index (χ1v) is 12.2. The van der Waals surface area contributed by atoms with Crippen LogP contribution in [0.5, 0.6) is 0 Å². The number of H-pyrrole nitrogens is 1. The Kier molecular flexibility index (Phi) is 8.71. The number of likely N-dealkylation sites (tertiary alicyclic amines) is 1. The van der Waals surface area contributed by atoms with Crippen molar-refractivity contribution in [3.63, 3.8) is 0 Å². The minimum Gasteiger partial charge on any atom is -0.345 e. The van der Waals surface area contributed by atoms with Gasteiger partial charge in [-0.1, -0.05) is 52.9 Å². The first kappa shape index (κ1) is 24.7. The molecule has 8 heteroatoms. The molecule has 2 atom stereocenters. The van der Waals surface area contributed by atoms with Gasteiger partial charge in [0.25, 0.3) is 0 Å². The number of aromatic nitrogens is 2. The summed E-state index contributed by atoms with van der Waals surface area (Å²) >= 11 is 0. The van der Waals surface area contributed by atoms with Gasteiger partial charge in [0.05, 0.1) is 18.5 Å². The largest absolute Gasteiger partial charge is 0.345 e. The molecule has 32 heavy (non-hydrogen) atoms. The van der Waals surface area contributed by atoms with Gasteiger partial charge in [0.15, 0.2) is 0 Å². The second kappa shape index (κ2) is 11.3. The minimum atomic E-state index is -0.444. The van der Waals surface area contributed by atoms with Gasteiger partial charge in [0, 0.05) is 18.4 Å². The number of aromatic amines is 1. The highest BCUT2D eigenvalue weighted by molar-refractivity contribution is 5.79. The van der Waals surface area contributed by atoms with Gasteiger partial charge in [-0.3, -0.25) is 19.7 Å². The van der Waals surface area contributed by atoms with Gasteiger partial charge in [-0.2, -0.15) is 0 Å². The van der Waals surface area contributed by atoms with Crippen molar-refractivity contribution in [2.24, 2.45) is 17.3 Å². The van der Waals surface area contributed by atoms with Crippen molar-refractivity contribution in [3.8, 4) is 0 Å². The summed E-state index contributed by atoms with van der Waals surface area (Å²) in [5, 5.41) is 13.6. The van der Waals surface area contributed by atoms with E-state index in [1.165, 1.54) is 32.1 Å². The maximum absolute atomic E-state index is 13.3. The molecule has 0 spiro atoms. The molecule has 3 rings (SSSR count). The van der Waals surface area contributed by atoms with Gasteiger partial charge in [-0.05, 0) is 43.7 Å². The Balaban J connectivity index is 1.70. The maximum Gasteiger partial charge on any atom is 0.233 e. The molecule has 8 nitrogen and oxygen atoms in total. The average Bonchev–Trinajstić information content (AvgIpc) is 3.43. The summed E-state index contributed by atoms with van der Waals surface area (Å²) in [5.74, 6) is 0.653. The summed E-state index contributed by atoms with van der Waals surface area (Å²) in [6, 6.07) is -0.292. The van der Waals surface area contributed by atoms with E-state index < -0.39 is 5.92 Å². The van der Waals surface area contributed by atoms with E-state index in [2.05, 4.69) is 41.0 Å². The van der Waals surface area contributed by atoms with Crippen LogP contribution in [0, 0.1) is 17.3 Å². The topological polar surface area (TPSA) is 102 Å². The molecule has 2 fully saturated rings. The molecule has 2 amide bonds. The Morgan fingerprint density at radius 1 is 1.28 bits per heavy atom. The number of imidazole rings is 1. The summed E-state index contributed by atoms with van der Waals surface area (Å²) in [6.45, 7) is 9.35. The van der Waals surface area contributed by atoms with Crippen molar-refractivity contribution in [3.05, 3.63) is 17.7 Å². The molecule has 180 valence electrons. The third kappa shape index (κ3) is 7.04. The van der Waals surface area contributed by atoms with Crippen molar-refractivity contribution in [1.82, 2.24) is 25.2 Å². The predicted octanol–water partition coefficient (Wildman–Crippen LogP) is 3.64. The highest BCUT2D eigenvalue weighted by Crippen LogP contribution is 2.34. The van der Waals surface area contributed by atoms with Crippen LogP contribution in [0.25, 0.3) is 0 Å². The summed E-state index contributed by atoms with van der Waals surface area (Å²) in [6.07, 6.45) is 11.3. The fourth-order valence-electron chi connectivity index (χ4n) is 5.10. The van der Waals surface area contributed by atoms with Crippen molar-refractivity contribution < 1.29 is 14.8 Å². The molecule has 0 bridgehead atoms. The Morgan fingerprint density at radius 2 is 1.97 bits per heavy atom. The molecular weight excluding hydrogens is 406 g/mol. The van der Waals surface area contributed by atoms with Crippen LogP contribution in [0.1, 0.15) is 89.7 Å². The molecular formula is C24H41N5O3. The summed E-state index contributed by atoms with van der Waals surface area (Å²) in [7, 11) is 0. The van der Waals surface area contributed by atoms with Gasteiger partial charge in [-0.15, -0.1) is 0 Å². The molecule has 2 heterocycles. The molecule has 1 aromatic heterocycles. The molecule has 1 saturated carbocycles. The van der Waals surface area contributed by atoms with Crippen LogP contribution >= 0.6 is 0 Å². The summed E-state index contributed by atoms with van der Waals surface area (Å²) in [4.78, 5) is 34.8. The Hall–Kier alpha value is -1.93. The highest BCUT2D eigenvalue weighted by Gasteiger charge is 2.34. The van der Waals surface area contributed by atoms with Crippen LogP contribution in [0.4, 0.5) is 0 Å². The number of rotatable bonds is 10. The summed E-state index contributed by atoms with van der Waals surface area (Å²) in [5.41, 5.74) is 0.813. The van der Waals surface area contributed by atoms with Crippen molar-refractivity contribution in [2.75, 3.05) is 19.6 Å². The van der Waals surface area contributed by atoms with Gasteiger partial charge in [0.1, 0.15) is 5.82 Å². The van der Waals surface area contributed by atoms with Crippen molar-refractivity contribution >= 4 is 12.3 Å². The van der Waals surface area contributed by atoms with E-state index in [9.17, 15) is 14.8 Å². The zero-order valence-electron chi connectivity index (χ0n) is 20.0. The van der Waals surface area contributed by atoms with Crippen LogP contribution in [0.2, 0.25) is 0 Å². The van der Waals surface area contributed by atoms with E-state index in [1.807, 2.05) is 6.20 Å². The quantitative estimate of drug-likeness (QED) is 0.289. The number of hydrogen-bond donors (Lipinski definition) is 3. The zero-order chi connectivity index (χ0) is 23.1.